The van der Waals surface area contributed by atoms with Crippen molar-refractivity contribution in [1.29, 1.82) is 0 Å². The smallest absolute Gasteiger partial charge is 0.217 e. The lowest BCUT2D eigenvalue weighted by atomic mass is 10.1. The molecule has 1 unspecified atom stereocenters. The molecular weight excluding hydrogens is 506 g/mol. The van der Waals surface area contributed by atoms with Crippen LogP contribution in [0.4, 0.5) is 0 Å². The molecule has 0 spiro atoms. The Bertz CT molecular complexity index is 1340. The Morgan fingerprint density at radius 1 is 1.15 bits per heavy atom. The van der Waals surface area contributed by atoms with Crippen molar-refractivity contribution in [1.82, 2.24) is 9.55 Å². The summed E-state index contributed by atoms with van der Waals surface area (Å²) in [6, 6.07) is 14.2. The predicted octanol–water partition coefficient (Wildman–Crippen LogP) is 7.95. The highest BCUT2D eigenvalue weighted by atomic mass is 32.2. The van der Waals surface area contributed by atoms with Gasteiger partial charge in [-0.2, -0.15) is 0 Å². The minimum Gasteiger partial charge on any atom is -0.487 e. The first-order chi connectivity index (χ1) is 18.7. The van der Waals surface area contributed by atoms with Gasteiger partial charge in [0.15, 0.2) is 11.5 Å². The molecule has 0 saturated carbocycles. The van der Waals surface area contributed by atoms with E-state index in [0.717, 1.165) is 45.3 Å². The molecule has 3 rings (SSSR count). The summed E-state index contributed by atoms with van der Waals surface area (Å²) in [6.45, 7) is 14.2. The fourth-order valence-electron chi connectivity index (χ4n) is 3.80. The van der Waals surface area contributed by atoms with Crippen molar-refractivity contribution >= 4 is 34.3 Å². The van der Waals surface area contributed by atoms with Crippen LogP contribution in [0.3, 0.4) is 0 Å². The molecule has 2 N–H and O–H groups in total. The van der Waals surface area contributed by atoms with Gasteiger partial charge >= 0.3 is 0 Å². The molecule has 0 saturated heterocycles. The van der Waals surface area contributed by atoms with Gasteiger partial charge in [0.1, 0.15) is 5.82 Å². The van der Waals surface area contributed by atoms with Crippen molar-refractivity contribution in [2.75, 3.05) is 0 Å². The number of amides is 1. The fraction of sp³-hybridized carbons (Fsp3) is 0.312. The van der Waals surface area contributed by atoms with Gasteiger partial charge < -0.3 is 15.2 Å². The second kappa shape index (κ2) is 14.4. The van der Waals surface area contributed by atoms with Gasteiger partial charge in [0.25, 0.3) is 0 Å². The zero-order chi connectivity index (χ0) is 28.4. The lowest BCUT2D eigenvalue weighted by Gasteiger charge is -2.17. The van der Waals surface area contributed by atoms with E-state index in [-0.39, 0.29) is 12.0 Å². The summed E-state index contributed by atoms with van der Waals surface area (Å²) in [4.78, 5) is 16.9. The van der Waals surface area contributed by atoms with Crippen LogP contribution in [0.1, 0.15) is 70.8 Å². The maximum absolute atomic E-state index is 11.1. The van der Waals surface area contributed by atoms with E-state index >= 15 is 0 Å². The number of aryl methyl sites for hydroxylation is 1. The summed E-state index contributed by atoms with van der Waals surface area (Å²) in [5.74, 6) is 1.89. The summed E-state index contributed by atoms with van der Waals surface area (Å²) in [5, 5.41) is 1.12. The number of primary amides is 1. The molecule has 0 bridgehead atoms. The molecule has 0 aliphatic rings. The van der Waals surface area contributed by atoms with Crippen LogP contribution < -0.4 is 15.2 Å². The van der Waals surface area contributed by atoms with Gasteiger partial charge in [-0.15, -0.1) is 0 Å². The van der Waals surface area contributed by atoms with Gasteiger partial charge in [-0.25, -0.2) is 4.98 Å². The van der Waals surface area contributed by atoms with Crippen LogP contribution in [-0.2, 0) is 11.2 Å². The number of carbonyl (C=O) groups is 1. The Balaban J connectivity index is 1.89. The zero-order valence-corrected chi connectivity index (χ0v) is 24.4. The largest absolute Gasteiger partial charge is 0.487 e. The maximum Gasteiger partial charge on any atom is 0.217 e. The Kier molecular flexibility index (Phi) is 11.1. The average Bonchev–Trinajstić information content (AvgIpc) is 3.39. The quantitative estimate of drug-likeness (QED) is 0.164. The molecule has 1 aromatic heterocycles. The highest BCUT2D eigenvalue weighted by Crippen LogP contribution is 2.36. The first-order valence-electron chi connectivity index (χ1n) is 13.3. The lowest BCUT2D eigenvalue weighted by molar-refractivity contribution is -0.117. The summed E-state index contributed by atoms with van der Waals surface area (Å²) in [7, 11) is 0. The normalized spacial score (nSPS) is 13.0. The number of imidazole rings is 1. The topological polar surface area (TPSA) is 79.4 Å². The van der Waals surface area contributed by atoms with E-state index < -0.39 is 0 Å². The van der Waals surface area contributed by atoms with E-state index in [1.807, 2.05) is 37.5 Å². The van der Waals surface area contributed by atoms with Crippen LogP contribution in [0.25, 0.3) is 16.7 Å². The van der Waals surface area contributed by atoms with Gasteiger partial charge in [0.2, 0.25) is 5.91 Å². The lowest BCUT2D eigenvalue weighted by Crippen LogP contribution is -2.11. The highest BCUT2D eigenvalue weighted by Gasteiger charge is 2.14. The minimum absolute atomic E-state index is 0.0861. The summed E-state index contributed by atoms with van der Waals surface area (Å²) < 4.78 is 13.8. The van der Waals surface area contributed by atoms with Crippen molar-refractivity contribution in [3.8, 4) is 11.5 Å². The average molecular weight is 546 g/mol. The third kappa shape index (κ3) is 8.39. The maximum atomic E-state index is 11.1. The van der Waals surface area contributed by atoms with Crippen LogP contribution in [0.2, 0.25) is 0 Å². The molecule has 7 heteroatoms. The minimum atomic E-state index is -0.284. The van der Waals surface area contributed by atoms with Crippen LogP contribution in [0.15, 0.2) is 78.2 Å². The van der Waals surface area contributed by atoms with Crippen LogP contribution >= 0.6 is 11.8 Å². The first kappa shape index (κ1) is 29.8. The van der Waals surface area contributed by atoms with Crippen molar-refractivity contribution in [3.05, 3.63) is 90.2 Å². The van der Waals surface area contributed by atoms with Gasteiger partial charge in [0.05, 0.1) is 17.4 Å². The molecular formula is C32H39N3O3S. The van der Waals surface area contributed by atoms with E-state index in [0.29, 0.717) is 24.3 Å². The fourth-order valence-corrected chi connectivity index (χ4v) is 4.87. The third-order valence-electron chi connectivity index (χ3n) is 6.44. The molecule has 0 radical (unpaired) electrons. The van der Waals surface area contributed by atoms with E-state index in [4.69, 9.17) is 15.2 Å². The molecule has 0 aliphatic carbocycles. The Morgan fingerprint density at radius 2 is 1.90 bits per heavy atom. The summed E-state index contributed by atoms with van der Waals surface area (Å²) in [5.41, 5.74) is 9.71. The SMILES string of the molecule is C=COc1cc(/C(C)=C/c2nccn2/C(Sc2ccc(CCC(N)=O)cc2)=C(/C)CC)ccc1OC(C)CC. The number of nitrogens with zero attached hydrogens (tertiary/aromatic N) is 2. The molecule has 1 amide bonds. The van der Waals surface area contributed by atoms with Gasteiger partial charge in [-0.05, 0) is 92.6 Å². The van der Waals surface area contributed by atoms with Crippen molar-refractivity contribution in [3.63, 3.8) is 0 Å². The number of nitrogens with two attached hydrogens (primary N) is 1. The summed E-state index contributed by atoms with van der Waals surface area (Å²) in [6.07, 6.45) is 10.2. The van der Waals surface area contributed by atoms with Crippen molar-refractivity contribution < 1.29 is 14.3 Å². The van der Waals surface area contributed by atoms with Crippen LogP contribution in [0.5, 0.6) is 11.5 Å². The Morgan fingerprint density at radius 3 is 2.54 bits per heavy atom. The Hall–Kier alpha value is -3.71. The highest BCUT2D eigenvalue weighted by molar-refractivity contribution is 8.08. The molecule has 3 aromatic rings. The predicted molar refractivity (Wildman–Crippen MR) is 162 cm³/mol. The number of hydrogen-bond donors (Lipinski definition) is 1. The number of carbonyl (C=O) groups excluding carboxylic acids is 1. The van der Waals surface area contributed by atoms with E-state index in [9.17, 15) is 4.79 Å². The van der Waals surface area contributed by atoms with E-state index in [1.54, 1.807) is 11.8 Å². The second-order valence-electron chi connectivity index (χ2n) is 9.42. The van der Waals surface area contributed by atoms with Gasteiger partial charge in [-0.3, -0.25) is 9.36 Å². The van der Waals surface area contributed by atoms with E-state index in [1.165, 1.54) is 11.8 Å². The van der Waals surface area contributed by atoms with Crippen molar-refractivity contribution in [2.24, 2.45) is 5.73 Å². The number of hydrogen-bond acceptors (Lipinski definition) is 5. The second-order valence-corrected chi connectivity index (χ2v) is 10.5. The first-order valence-corrected chi connectivity index (χ1v) is 14.1. The number of thioether (sulfide) groups is 1. The summed E-state index contributed by atoms with van der Waals surface area (Å²) >= 11 is 1.70. The van der Waals surface area contributed by atoms with E-state index in [2.05, 4.69) is 74.2 Å². The number of ether oxygens (including phenoxy) is 2. The molecule has 1 atom stereocenters. The molecule has 1 heterocycles. The van der Waals surface area contributed by atoms with Gasteiger partial charge in [-0.1, -0.05) is 50.4 Å². The molecule has 0 aliphatic heterocycles. The number of rotatable bonds is 14. The zero-order valence-electron chi connectivity index (χ0n) is 23.6. The van der Waals surface area contributed by atoms with Gasteiger partial charge in [0, 0.05) is 23.7 Å². The Labute approximate surface area is 236 Å². The molecule has 6 nitrogen and oxygen atoms in total. The molecule has 206 valence electrons. The van der Waals surface area contributed by atoms with Crippen LogP contribution in [-0.4, -0.2) is 21.6 Å². The monoisotopic (exact) mass is 545 g/mol. The molecule has 0 fully saturated rings. The van der Waals surface area contributed by atoms with Crippen molar-refractivity contribution in [2.45, 2.75) is 71.3 Å². The molecule has 39 heavy (non-hydrogen) atoms. The number of aromatic nitrogens is 2. The number of benzene rings is 2. The standard InChI is InChI=1S/C32H39N3O3S/c1-7-22(4)32(39-27-14-10-25(11-15-27)12-17-30(33)36)35-19-18-34-31(35)20-23(5)26-13-16-28(38-24(6)8-2)29(21-26)37-9-3/h9-11,13-16,18-21,24H,3,7-8,12,17H2,1-2,4-6H3,(H2,33,36)/b23-20+,32-22+. The third-order valence-corrected chi connectivity index (χ3v) is 7.69. The number of allylic oxidation sites excluding steroid dienone is 2. The molecule has 2 aromatic carbocycles. The van der Waals surface area contributed by atoms with Crippen LogP contribution in [0, 0.1) is 0 Å².